The molecule has 0 spiro atoms. The number of para-hydroxylation sites is 1. The predicted octanol–water partition coefficient (Wildman–Crippen LogP) is 2.28. The standard InChI is InChI=1S/C12H15IN2O2/c13-10-3-1-2-4-11(10)14-12(17)15-7-5-9(16)6-8-15/h1-4,9,16H,5-8H2,(H,14,17). The first-order chi connectivity index (χ1) is 8.16. The minimum absolute atomic E-state index is 0.0824. The molecule has 1 fully saturated rings. The Balaban J connectivity index is 1.95. The lowest BCUT2D eigenvalue weighted by Gasteiger charge is -2.29. The van der Waals surface area contributed by atoms with Gasteiger partial charge in [0.25, 0.3) is 0 Å². The molecule has 2 rings (SSSR count). The van der Waals surface area contributed by atoms with Crippen LogP contribution in [-0.4, -0.2) is 35.2 Å². The first kappa shape index (κ1) is 12.6. The van der Waals surface area contributed by atoms with Gasteiger partial charge in [0.1, 0.15) is 0 Å². The maximum atomic E-state index is 12.0. The molecule has 0 aromatic heterocycles. The van der Waals surface area contributed by atoms with E-state index in [0.29, 0.717) is 25.9 Å². The minimum atomic E-state index is -0.254. The van der Waals surface area contributed by atoms with E-state index in [0.717, 1.165) is 9.26 Å². The highest BCUT2D eigenvalue weighted by Crippen LogP contribution is 2.18. The minimum Gasteiger partial charge on any atom is -0.393 e. The molecule has 1 saturated heterocycles. The van der Waals surface area contributed by atoms with Gasteiger partial charge >= 0.3 is 6.03 Å². The summed E-state index contributed by atoms with van der Waals surface area (Å²) in [4.78, 5) is 13.7. The fraction of sp³-hybridized carbons (Fsp3) is 0.417. The number of carbonyl (C=O) groups excluding carboxylic acids is 1. The van der Waals surface area contributed by atoms with Gasteiger partial charge in [-0.15, -0.1) is 0 Å². The van der Waals surface area contributed by atoms with Crippen molar-refractivity contribution >= 4 is 34.3 Å². The summed E-state index contributed by atoms with van der Waals surface area (Å²) in [6, 6.07) is 7.60. The molecule has 0 saturated carbocycles. The molecule has 0 radical (unpaired) electrons. The van der Waals surface area contributed by atoms with Crippen LogP contribution in [0, 0.1) is 3.57 Å². The molecule has 1 aromatic rings. The second kappa shape index (κ2) is 5.68. The Labute approximate surface area is 114 Å². The van der Waals surface area contributed by atoms with Gasteiger partial charge in [-0.1, -0.05) is 12.1 Å². The van der Waals surface area contributed by atoms with Gasteiger partial charge in [0.05, 0.1) is 11.8 Å². The van der Waals surface area contributed by atoms with Gasteiger partial charge in [0, 0.05) is 16.7 Å². The summed E-state index contributed by atoms with van der Waals surface area (Å²) in [5.41, 5.74) is 0.837. The van der Waals surface area contributed by atoms with Gasteiger partial charge < -0.3 is 15.3 Å². The summed E-state index contributed by atoms with van der Waals surface area (Å²) in [7, 11) is 0. The van der Waals surface area contributed by atoms with Gasteiger partial charge in [-0.05, 0) is 47.6 Å². The molecule has 0 aliphatic carbocycles. The van der Waals surface area contributed by atoms with Gasteiger partial charge in [0.2, 0.25) is 0 Å². The second-order valence-corrected chi connectivity index (χ2v) is 5.29. The third-order valence-electron chi connectivity index (χ3n) is 2.87. The molecule has 2 amide bonds. The molecule has 4 nitrogen and oxygen atoms in total. The molecule has 17 heavy (non-hydrogen) atoms. The molecule has 0 bridgehead atoms. The molecule has 92 valence electrons. The van der Waals surface area contributed by atoms with E-state index in [1.54, 1.807) is 4.90 Å². The van der Waals surface area contributed by atoms with Crippen LogP contribution in [0.1, 0.15) is 12.8 Å². The Kier molecular flexibility index (Phi) is 4.22. The van der Waals surface area contributed by atoms with E-state index >= 15 is 0 Å². The predicted molar refractivity (Wildman–Crippen MR) is 75.0 cm³/mol. The number of carbonyl (C=O) groups is 1. The number of anilines is 1. The number of halogens is 1. The fourth-order valence-corrected chi connectivity index (χ4v) is 2.35. The largest absolute Gasteiger partial charge is 0.393 e. The average Bonchev–Trinajstić information content (AvgIpc) is 2.33. The summed E-state index contributed by atoms with van der Waals surface area (Å²) in [5, 5.41) is 12.3. The Morgan fingerprint density at radius 3 is 2.65 bits per heavy atom. The van der Waals surface area contributed by atoms with Crippen LogP contribution in [-0.2, 0) is 0 Å². The van der Waals surface area contributed by atoms with Crippen LogP contribution in [0.15, 0.2) is 24.3 Å². The fourth-order valence-electron chi connectivity index (χ4n) is 1.83. The number of piperidine rings is 1. The quantitative estimate of drug-likeness (QED) is 0.767. The molecule has 0 unspecified atom stereocenters. The molecule has 1 heterocycles. The lowest BCUT2D eigenvalue weighted by Crippen LogP contribution is -2.42. The summed E-state index contributed by atoms with van der Waals surface area (Å²) in [6.45, 7) is 1.24. The summed E-state index contributed by atoms with van der Waals surface area (Å²) in [6.07, 6.45) is 1.08. The number of benzene rings is 1. The van der Waals surface area contributed by atoms with E-state index in [-0.39, 0.29) is 12.1 Å². The van der Waals surface area contributed by atoms with Gasteiger partial charge in [-0.25, -0.2) is 4.79 Å². The Hall–Kier alpha value is -0.820. The van der Waals surface area contributed by atoms with Crippen LogP contribution in [0.25, 0.3) is 0 Å². The molecule has 2 N–H and O–H groups in total. The number of aliphatic hydroxyl groups excluding tert-OH is 1. The molecule has 0 atom stereocenters. The number of nitrogens with one attached hydrogen (secondary N) is 1. The number of nitrogens with zero attached hydrogens (tertiary/aromatic N) is 1. The number of aliphatic hydroxyl groups is 1. The van der Waals surface area contributed by atoms with Crippen molar-refractivity contribution in [3.05, 3.63) is 27.8 Å². The van der Waals surface area contributed by atoms with E-state index in [4.69, 9.17) is 0 Å². The van der Waals surface area contributed by atoms with Crippen molar-refractivity contribution in [1.29, 1.82) is 0 Å². The topological polar surface area (TPSA) is 52.6 Å². The lowest BCUT2D eigenvalue weighted by atomic mass is 10.1. The average molecular weight is 346 g/mol. The zero-order valence-electron chi connectivity index (χ0n) is 9.40. The number of hydrogen-bond donors (Lipinski definition) is 2. The third kappa shape index (κ3) is 3.32. The van der Waals surface area contributed by atoms with Crippen molar-refractivity contribution in [3.63, 3.8) is 0 Å². The zero-order chi connectivity index (χ0) is 12.3. The first-order valence-electron chi connectivity index (χ1n) is 5.65. The SMILES string of the molecule is O=C(Nc1ccccc1I)N1CCC(O)CC1. The van der Waals surface area contributed by atoms with E-state index < -0.39 is 0 Å². The molecule has 1 aliphatic rings. The molecular weight excluding hydrogens is 331 g/mol. The van der Waals surface area contributed by atoms with Crippen LogP contribution in [0.2, 0.25) is 0 Å². The highest BCUT2D eigenvalue weighted by molar-refractivity contribution is 14.1. The van der Waals surface area contributed by atoms with Crippen molar-refractivity contribution in [2.24, 2.45) is 0 Å². The smallest absolute Gasteiger partial charge is 0.321 e. The maximum absolute atomic E-state index is 12.0. The Morgan fingerprint density at radius 1 is 1.35 bits per heavy atom. The summed E-state index contributed by atoms with van der Waals surface area (Å²) in [5.74, 6) is 0. The highest BCUT2D eigenvalue weighted by atomic mass is 127. The van der Waals surface area contributed by atoms with Crippen LogP contribution in [0.3, 0.4) is 0 Å². The number of rotatable bonds is 1. The lowest BCUT2D eigenvalue weighted by molar-refractivity contribution is 0.0972. The number of amides is 2. The van der Waals surface area contributed by atoms with Gasteiger partial charge in [-0.2, -0.15) is 0 Å². The van der Waals surface area contributed by atoms with Crippen LogP contribution >= 0.6 is 22.6 Å². The van der Waals surface area contributed by atoms with Crippen LogP contribution in [0.4, 0.5) is 10.5 Å². The second-order valence-electron chi connectivity index (χ2n) is 4.13. The zero-order valence-corrected chi connectivity index (χ0v) is 11.6. The third-order valence-corrected chi connectivity index (χ3v) is 3.81. The number of likely N-dealkylation sites (tertiary alicyclic amines) is 1. The number of hydrogen-bond acceptors (Lipinski definition) is 2. The monoisotopic (exact) mass is 346 g/mol. The molecule has 5 heteroatoms. The summed E-state index contributed by atoms with van der Waals surface area (Å²) < 4.78 is 1.02. The van der Waals surface area contributed by atoms with Crippen LogP contribution < -0.4 is 5.32 Å². The van der Waals surface area contributed by atoms with Crippen molar-refractivity contribution < 1.29 is 9.90 Å². The van der Waals surface area contributed by atoms with Gasteiger partial charge in [-0.3, -0.25) is 0 Å². The van der Waals surface area contributed by atoms with Crippen molar-refractivity contribution in [2.45, 2.75) is 18.9 Å². The molecule has 1 aromatic carbocycles. The highest BCUT2D eigenvalue weighted by Gasteiger charge is 2.21. The normalized spacial score (nSPS) is 16.9. The van der Waals surface area contributed by atoms with Crippen molar-refractivity contribution in [1.82, 2.24) is 4.90 Å². The Bertz CT molecular complexity index is 403. The number of urea groups is 1. The van der Waals surface area contributed by atoms with Crippen LogP contribution in [0.5, 0.6) is 0 Å². The first-order valence-corrected chi connectivity index (χ1v) is 6.73. The Morgan fingerprint density at radius 2 is 2.00 bits per heavy atom. The maximum Gasteiger partial charge on any atom is 0.321 e. The van der Waals surface area contributed by atoms with Crippen molar-refractivity contribution in [2.75, 3.05) is 18.4 Å². The molecular formula is C12H15IN2O2. The van der Waals surface area contributed by atoms with Gasteiger partial charge in [0.15, 0.2) is 0 Å². The molecule has 1 aliphatic heterocycles. The van der Waals surface area contributed by atoms with E-state index in [2.05, 4.69) is 27.9 Å². The van der Waals surface area contributed by atoms with E-state index in [9.17, 15) is 9.90 Å². The van der Waals surface area contributed by atoms with Crippen molar-refractivity contribution in [3.8, 4) is 0 Å². The summed E-state index contributed by atoms with van der Waals surface area (Å²) >= 11 is 2.19. The van der Waals surface area contributed by atoms with E-state index in [1.807, 2.05) is 24.3 Å². The van der Waals surface area contributed by atoms with E-state index in [1.165, 1.54) is 0 Å².